The molecule has 1 amide bonds. The first-order valence-electron chi connectivity index (χ1n) is 7.67. The molecule has 1 aromatic heterocycles. The number of thiophene rings is 1. The maximum Gasteiger partial charge on any atom is 0.261 e. The first-order valence-corrected chi connectivity index (χ1v) is 8.49. The summed E-state index contributed by atoms with van der Waals surface area (Å²) in [5.74, 6) is 1.41. The minimum atomic E-state index is -0.00160. The van der Waals surface area contributed by atoms with Crippen molar-refractivity contribution < 1.29 is 14.3 Å². The maximum absolute atomic E-state index is 12.2. The molecule has 0 saturated heterocycles. The van der Waals surface area contributed by atoms with Gasteiger partial charge in [0, 0.05) is 11.4 Å². The molecule has 2 aromatic rings. The van der Waals surface area contributed by atoms with E-state index in [1.807, 2.05) is 24.3 Å². The molecule has 1 heterocycles. The molecule has 1 aromatic carbocycles. The number of rotatable bonds is 7. The smallest absolute Gasteiger partial charge is 0.261 e. The van der Waals surface area contributed by atoms with Gasteiger partial charge in [0.2, 0.25) is 0 Å². The highest BCUT2D eigenvalue weighted by molar-refractivity contribution is 7.14. The SMILES string of the molecule is CCc1cc(C(=O)NCCc2ccc(OC)c(OC)c2)sc1C. The minimum absolute atomic E-state index is 0.00160. The van der Waals surface area contributed by atoms with Crippen molar-refractivity contribution >= 4 is 17.2 Å². The lowest BCUT2D eigenvalue weighted by atomic mass is 10.1. The zero-order chi connectivity index (χ0) is 16.8. The van der Waals surface area contributed by atoms with Crippen molar-refractivity contribution in [1.29, 1.82) is 0 Å². The van der Waals surface area contributed by atoms with Gasteiger partial charge in [-0.2, -0.15) is 0 Å². The number of aryl methyl sites for hydroxylation is 2. The Bertz CT molecular complexity index is 679. The van der Waals surface area contributed by atoms with Crippen LogP contribution in [0.1, 0.15) is 32.6 Å². The molecule has 5 heteroatoms. The topological polar surface area (TPSA) is 47.6 Å². The van der Waals surface area contributed by atoms with Crippen molar-refractivity contribution in [3.05, 3.63) is 45.1 Å². The van der Waals surface area contributed by atoms with Gasteiger partial charge in [0.1, 0.15) is 0 Å². The first kappa shape index (κ1) is 17.3. The Labute approximate surface area is 141 Å². The zero-order valence-electron chi connectivity index (χ0n) is 14.1. The summed E-state index contributed by atoms with van der Waals surface area (Å²) in [6.45, 7) is 4.75. The molecule has 4 nitrogen and oxygen atoms in total. The van der Waals surface area contributed by atoms with E-state index in [1.54, 1.807) is 25.6 Å². The molecule has 23 heavy (non-hydrogen) atoms. The van der Waals surface area contributed by atoms with Crippen LogP contribution < -0.4 is 14.8 Å². The number of amides is 1. The van der Waals surface area contributed by atoms with Crippen molar-refractivity contribution in [2.75, 3.05) is 20.8 Å². The van der Waals surface area contributed by atoms with Crippen LogP contribution in [-0.2, 0) is 12.8 Å². The number of methoxy groups -OCH3 is 2. The Kier molecular flexibility index (Phi) is 6.04. The van der Waals surface area contributed by atoms with Crippen molar-refractivity contribution in [3.8, 4) is 11.5 Å². The summed E-state index contributed by atoms with van der Waals surface area (Å²) in [5.41, 5.74) is 2.35. The summed E-state index contributed by atoms with van der Waals surface area (Å²) in [4.78, 5) is 14.2. The first-order chi connectivity index (χ1) is 11.1. The molecule has 0 aliphatic heterocycles. The summed E-state index contributed by atoms with van der Waals surface area (Å²) >= 11 is 1.56. The highest BCUT2D eigenvalue weighted by Gasteiger charge is 2.11. The predicted molar refractivity (Wildman–Crippen MR) is 94.0 cm³/mol. The number of carbonyl (C=O) groups excluding carboxylic acids is 1. The molecule has 0 aliphatic rings. The molecule has 0 radical (unpaired) electrons. The second-order valence-corrected chi connectivity index (χ2v) is 6.50. The molecule has 0 saturated carbocycles. The summed E-state index contributed by atoms with van der Waals surface area (Å²) in [7, 11) is 3.24. The van der Waals surface area contributed by atoms with Crippen molar-refractivity contribution in [2.45, 2.75) is 26.7 Å². The quantitative estimate of drug-likeness (QED) is 0.842. The number of hydrogen-bond acceptors (Lipinski definition) is 4. The number of nitrogens with one attached hydrogen (secondary N) is 1. The van der Waals surface area contributed by atoms with E-state index in [4.69, 9.17) is 9.47 Å². The van der Waals surface area contributed by atoms with Crippen molar-refractivity contribution in [2.24, 2.45) is 0 Å². The molecule has 0 fully saturated rings. The van der Waals surface area contributed by atoms with E-state index < -0.39 is 0 Å². The second-order valence-electron chi connectivity index (χ2n) is 5.24. The Morgan fingerprint density at radius 1 is 1.17 bits per heavy atom. The number of ether oxygens (including phenoxy) is 2. The van der Waals surface area contributed by atoms with Crippen LogP contribution >= 0.6 is 11.3 Å². The normalized spacial score (nSPS) is 10.4. The van der Waals surface area contributed by atoms with Crippen LogP contribution in [0.3, 0.4) is 0 Å². The summed E-state index contributed by atoms with van der Waals surface area (Å²) in [6, 6.07) is 7.80. The molecule has 0 bridgehead atoms. The molecule has 0 spiro atoms. The van der Waals surface area contributed by atoms with Gasteiger partial charge in [-0.1, -0.05) is 13.0 Å². The fourth-order valence-corrected chi connectivity index (χ4v) is 3.46. The fraction of sp³-hybridized carbons (Fsp3) is 0.389. The van der Waals surface area contributed by atoms with Crippen LogP contribution in [0.5, 0.6) is 11.5 Å². The largest absolute Gasteiger partial charge is 0.493 e. The second kappa shape index (κ2) is 8.02. The molecular formula is C18H23NO3S. The monoisotopic (exact) mass is 333 g/mol. The van der Waals surface area contributed by atoms with Gasteiger partial charge in [-0.15, -0.1) is 11.3 Å². The number of carbonyl (C=O) groups is 1. The third kappa shape index (κ3) is 4.26. The third-order valence-corrected chi connectivity index (χ3v) is 4.86. The van der Waals surface area contributed by atoms with Crippen molar-refractivity contribution in [1.82, 2.24) is 5.32 Å². The van der Waals surface area contributed by atoms with Gasteiger partial charge < -0.3 is 14.8 Å². The lowest BCUT2D eigenvalue weighted by molar-refractivity contribution is 0.0958. The van der Waals surface area contributed by atoms with Crippen LogP contribution in [0.4, 0.5) is 0 Å². The lowest BCUT2D eigenvalue weighted by Crippen LogP contribution is -2.24. The van der Waals surface area contributed by atoms with Gasteiger partial charge in [0.05, 0.1) is 19.1 Å². The molecule has 1 N–H and O–H groups in total. The molecule has 124 valence electrons. The van der Waals surface area contributed by atoms with Gasteiger partial charge >= 0.3 is 0 Å². The van der Waals surface area contributed by atoms with Crippen molar-refractivity contribution in [3.63, 3.8) is 0 Å². The standard InChI is InChI=1S/C18H23NO3S/c1-5-14-11-17(23-12(14)2)18(20)19-9-8-13-6-7-15(21-3)16(10-13)22-4/h6-7,10-11H,5,8-9H2,1-4H3,(H,19,20). The third-order valence-electron chi connectivity index (χ3n) is 3.77. The van der Waals surface area contributed by atoms with Gasteiger partial charge in [-0.05, 0) is 49.1 Å². The summed E-state index contributed by atoms with van der Waals surface area (Å²) < 4.78 is 10.5. The van der Waals surface area contributed by atoms with Gasteiger partial charge in [-0.25, -0.2) is 0 Å². The average molecular weight is 333 g/mol. The van der Waals surface area contributed by atoms with Gasteiger partial charge in [0.15, 0.2) is 11.5 Å². The molecule has 0 unspecified atom stereocenters. The average Bonchev–Trinajstić information content (AvgIpc) is 2.95. The molecule has 0 atom stereocenters. The van der Waals surface area contributed by atoms with Crippen LogP contribution in [0.15, 0.2) is 24.3 Å². The van der Waals surface area contributed by atoms with E-state index in [0.29, 0.717) is 18.0 Å². The zero-order valence-corrected chi connectivity index (χ0v) is 14.9. The molecule has 2 rings (SSSR count). The van der Waals surface area contributed by atoms with Crippen LogP contribution in [0, 0.1) is 6.92 Å². The van der Waals surface area contributed by atoms with E-state index in [0.717, 1.165) is 23.3 Å². The number of benzene rings is 1. The van der Waals surface area contributed by atoms with E-state index in [2.05, 4.69) is 19.2 Å². The highest BCUT2D eigenvalue weighted by Crippen LogP contribution is 2.27. The van der Waals surface area contributed by atoms with Crippen LogP contribution in [-0.4, -0.2) is 26.7 Å². The van der Waals surface area contributed by atoms with Crippen LogP contribution in [0.25, 0.3) is 0 Å². The Morgan fingerprint density at radius 3 is 2.52 bits per heavy atom. The summed E-state index contributed by atoms with van der Waals surface area (Å²) in [5, 5.41) is 2.98. The van der Waals surface area contributed by atoms with E-state index >= 15 is 0 Å². The summed E-state index contributed by atoms with van der Waals surface area (Å²) in [6.07, 6.45) is 1.71. The maximum atomic E-state index is 12.2. The van der Waals surface area contributed by atoms with Gasteiger partial charge in [-0.3, -0.25) is 4.79 Å². The fourth-order valence-electron chi connectivity index (χ4n) is 2.43. The highest BCUT2D eigenvalue weighted by atomic mass is 32.1. The van der Waals surface area contributed by atoms with Gasteiger partial charge in [0.25, 0.3) is 5.91 Å². The molecular weight excluding hydrogens is 310 g/mol. The van der Waals surface area contributed by atoms with E-state index in [9.17, 15) is 4.79 Å². The number of hydrogen-bond donors (Lipinski definition) is 1. The Hall–Kier alpha value is -2.01. The minimum Gasteiger partial charge on any atom is -0.493 e. The molecule has 0 aliphatic carbocycles. The Morgan fingerprint density at radius 2 is 1.91 bits per heavy atom. The van der Waals surface area contributed by atoms with Crippen LogP contribution in [0.2, 0.25) is 0 Å². The van der Waals surface area contributed by atoms with E-state index in [1.165, 1.54) is 10.4 Å². The lowest BCUT2D eigenvalue weighted by Gasteiger charge is -2.10. The Balaban J connectivity index is 1.92. The van der Waals surface area contributed by atoms with E-state index in [-0.39, 0.29) is 5.91 Å². The predicted octanol–water partition coefficient (Wildman–Crippen LogP) is 3.61.